The number of anilines is 1. The Labute approximate surface area is 197 Å². The third kappa shape index (κ3) is 4.46. The van der Waals surface area contributed by atoms with Gasteiger partial charge in [-0.1, -0.05) is 0 Å². The average Bonchev–Trinajstić information content (AvgIpc) is 3.42. The number of pyridine rings is 2. The van der Waals surface area contributed by atoms with E-state index in [1.54, 1.807) is 19.1 Å². The van der Waals surface area contributed by atoms with Gasteiger partial charge < -0.3 is 20.8 Å². The molecule has 148 valence electrons. The van der Waals surface area contributed by atoms with E-state index >= 15 is 0 Å². The van der Waals surface area contributed by atoms with Crippen molar-refractivity contribution in [2.24, 2.45) is 0 Å². The van der Waals surface area contributed by atoms with Crippen LogP contribution in [0.5, 0.6) is 5.75 Å². The molecule has 1 aliphatic heterocycles. The van der Waals surface area contributed by atoms with Crippen molar-refractivity contribution in [3.05, 3.63) is 48.7 Å². The second kappa shape index (κ2) is 8.92. The van der Waals surface area contributed by atoms with E-state index in [4.69, 9.17) is 9.40 Å². The summed E-state index contributed by atoms with van der Waals surface area (Å²) in [7, 11) is 0. The summed E-state index contributed by atoms with van der Waals surface area (Å²) in [6, 6.07) is 11.2. The van der Waals surface area contributed by atoms with Crippen LogP contribution in [-0.2, 0) is 0 Å². The molecule has 0 radical (unpaired) electrons. The average molecular weight is 410 g/mol. The molecular weight excluding hydrogens is 387 g/mol. The minimum absolute atomic E-state index is 0. The summed E-state index contributed by atoms with van der Waals surface area (Å²) in [5.41, 5.74) is 4.25. The fraction of sp³-hybridized carbons (Fsp3) is 0.304. The molecule has 1 aromatic carbocycles. The van der Waals surface area contributed by atoms with Crippen LogP contribution in [0.2, 0.25) is 0 Å². The number of aromatic hydroxyl groups is 1. The van der Waals surface area contributed by atoms with E-state index in [1.165, 1.54) is 25.7 Å². The standard InChI is InChI=1S/C20H18N4O2.C3H5.Na/c1-12-21-17-11-18(25)13(10-19(17)26-12)14-4-5-16-15(22-14)6-7-20(23-16)24-8-2-3-9-24;1-2-3-1;/h4-7,10-11,25H,2-3,8-9H2,1H3;1H,2-3H2;/q;-1;+1. The molecule has 3 aromatic heterocycles. The number of phenolic OH excluding ortho intramolecular Hbond substituents is 1. The van der Waals surface area contributed by atoms with E-state index in [-0.39, 0.29) is 35.3 Å². The molecule has 0 amide bonds. The van der Waals surface area contributed by atoms with Crippen molar-refractivity contribution in [3.8, 4) is 17.0 Å². The first kappa shape index (κ1) is 21.1. The number of nitrogens with zero attached hydrogens (tertiary/aromatic N) is 4. The maximum absolute atomic E-state index is 10.4. The monoisotopic (exact) mass is 410 g/mol. The number of aryl methyl sites for hydroxylation is 1. The second-order valence-corrected chi connectivity index (χ2v) is 7.53. The molecule has 0 unspecified atom stereocenters. The Kier molecular flexibility index (Phi) is 6.27. The summed E-state index contributed by atoms with van der Waals surface area (Å²) in [5, 5.41) is 10.4. The molecule has 1 N–H and O–H groups in total. The third-order valence-corrected chi connectivity index (χ3v) is 5.14. The molecule has 4 heterocycles. The van der Waals surface area contributed by atoms with Crippen LogP contribution in [0.4, 0.5) is 5.82 Å². The van der Waals surface area contributed by atoms with Crippen LogP contribution in [0.3, 0.4) is 0 Å². The second-order valence-electron chi connectivity index (χ2n) is 7.53. The maximum atomic E-state index is 10.4. The molecule has 1 aliphatic carbocycles. The van der Waals surface area contributed by atoms with Gasteiger partial charge in [-0.15, -0.1) is 0 Å². The zero-order chi connectivity index (χ0) is 19.8. The molecule has 4 aromatic rings. The Morgan fingerprint density at radius 2 is 1.63 bits per heavy atom. The number of hydrogen-bond donors (Lipinski definition) is 1. The van der Waals surface area contributed by atoms with Crippen LogP contribution in [0.1, 0.15) is 31.6 Å². The smallest absolute Gasteiger partial charge is 0.507 e. The van der Waals surface area contributed by atoms with Crippen molar-refractivity contribution >= 4 is 28.0 Å². The minimum Gasteiger partial charge on any atom is -0.507 e. The predicted molar refractivity (Wildman–Crippen MR) is 114 cm³/mol. The summed E-state index contributed by atoms with van der Waals surface area (Å²) in [4.78, 5) is 16.0. The number of rotatable bonds is 2. The van der Waals surface area contributed by atoms with Crippen LogP contribution in [0.25, 0.3) is 33.4 Å². The number of hydrogen-bond acceptors (Lipinski definition) is 6. The van der Waals surface area contributed by atoms with Gasteiger partial charge in [-0.3, -0.25) is 0 Å². The van der Waals surface area contributed by atoms with Crippen molar-refractivity contribution in [2.75, 3.05) is 18.0 Å². The fourth-order valence-electron chi connectivity index (χ4n) is 3.55. The molecular formula is C23H23N4NaO2. The van der Waals surface area contributed by atoms with Crippen molar-refractivity contribution in [1.29, 1.82) is 0 Å². The first-order chi connectivity index (χ1) is 14.2. The summed E-state index contributed by atoms with van der Waals surface area (Å²) in [5.74, 6) is 1.71. The fourth-order valence-corrected chi connectivity index (χ4v) is 3.55. The quantitative estimate of drug-likeness (QED) is 0.403. The molecule has 2 aliphatic rings. The zero-order valence-electron chi connectivity index (χ0n) is 17.4. The zero-order valence-corrected chi connectivity index (χ0v) is 19.4. The van der Waals surface area contributed by atoms with Gasteiger partial charge in [-0.2, -0.15) is 0 Å². The number of aromatic nitrogens is 3. The Balaban J connectivity index is 0.000000502. The summed E-state index contributed by atoms with van der Waals surface area (Å²) in [6.45, 7) is 3.91. The first-order valence-electron chi connectivity index (χ1n) is 10.1. The normalized spacial score (nSPS) is 15.0. The van der Waals surface area contributed by atoms with Gasteiger partial charge in [-0.05, 0) is 43.2 Å². The minimum atomic E-state index is 0. The van der Waals surface area contributed by atoms with Crippen LogP contribution < -0.4 is 34.5 Å². The predicted octanol–water partition coefficient (Wildman–Crippen LogP) is 2.04. The van der Waals surface area contributed by atoms with Gasteiger partial charge in [0.1, 0.15) is 17.1 Å². The number of benzene rings is 1. The van der Waals surface area contributed by atoms with E-state index in [1.807, 2.05) is 24.3 Å². The van der Waals surface area contributed by atoms with Gasteiger partial charge in [0.05, 0.1) is 16.7 Å². The Hall–Kier alpha value is -2.15. The summed E-state index contributed by atoms with van der Waals surface area (Å²) < 4.78 is 5.58. The van der Waals surface area contributed by atoms with E-state index in [9.17, 15) is 5.11 Å². The third-order valence-electron chi connectivity index (χ3n) is 5.14. The van der Waals surface area contributed by atoms with E-state index in [0.29, 0.717) is 28.2 Å². The van der Waals surface area contributed by atoms with Crippen molar-refractivity contribution < 1.29 is 39.1 Å². The van der Waals surface area contributed by atoms with Crippen molar-refractivity contribution in [1.82, 2.24) is 15.0 Å². The van der Waals surface area contributed by atoms with Gasteiger partial charge in [0, 0.05) is 31.6 Å². The molecule has 6 nitrogen and oxygen atoms in total. The number of phenols is 1. The van der Waals surface area contributed by atoms with Gasteiger partial charge >= 0.3 is 29.6 Å². The summed E-state index contributed by atoms with van der Waals surface area (Å²) >= 11 is 0. The molecule has 30 heavy (non-hydrogen) atoms. The molecule has 2 fully saturated rings. The maximum Gasteiger partial charge on any atom is 1.00 e. The van der Waals surface area contributed by atoms with Crippen LogP contribution >= 0.6 is 0 Å². The number of fused-ring (bicyclic) bond motifs is 2. The summed E-state index contributed by atoms with van der Waals surface area (Å²) in [6.07, 6.45) is 7.44. The van der Waals surface area contributed by atoms with Gasteiger partial charge in [0.2, 0.25) is 0 Å². The van der Waals surface area contributed by atoms with Gasteiger partial charge in [-0.25, -0.2) is 27.8 Å². The van der Waals surface area contributed by atoms with Crippen molar-refractivity contribution in [2.45, 2.75) is 32.6 Å². The van der Waals surface area contributed by atoms with E-state index in [2.05, 4.69) is 21.3 Å². The van der Waals surface area contributed by atoms with Crippen LogP contribution in [-0.4, -0.2) is 33.1 Å². The Morgan fingerprint density at radius 1 is 0.933 bits per heavy atom. The Morgan fingerprint density at radius 3 is 2.37 bits per heavy atom. The van der Waals surface area contributed by atoms with E-state index in [0.717, 1.165) is 29.9 Å². The van der Waals surface area contributed by atoms with Gasteiger partial charge in [0.25, 0.3) is 0 Å². The van der Waals surface area contributed by atoms with Gasteiger partial charge in [0.15, 0.2) is 11.5 Å². The van der Waals surface area contributed by atoms with E-state index < -0.39 is 0 Å². The first-order valence-corrected chi connectivity index (χ1v) is 10.1. The Bertz CT molecular complexity index is 1180. The van der Waals surface area contributed by atoms with Crippen molar-refractivity contribution in [3.63, 3.8) is 0 Å². The van der Waals surface area contributed by atoms with Crippen LogP contribution in [0.15, 0.2) is 40.8 Å². The molecule has 7 heteroatoms. The largest absolute Gasteiger partial charge is 1.00 e. The number of oxazole rings is 1. The topological polar surface area (TPSA) is 75.3 Å². The molecule has 0 bridgehead atoms. The molecule has 0 spiro atoms. The molecule has 6 rings (SSSR count). The van der Waals surface area contributed by atoms with Crippen LogP contribution in [0, 0.1) is 13.3 Å². The molecule has 1 saturated carbocycles. The molecule has 1 saturated heterocycles. The molecule has 0 atom stereocenters. The SMILES string of the molecule is Cc1nc2cc(O)c(-c3ccc4nc(N5CCCC5)ccc4n3)cc2o1.[CH-]1CC1.[Na+].